The maximum atomic E-state index is 13.5. The number of carbonyl (C=O) groups excluding carboxylic acids is 1. The molecule has 0 fully saturated rings. The Bertz CT molecular complexity index is 676. The predicted molar refractivity (Wildman–Crippen MR) is 62.6 cm³/mol. The number of carbonyl (C=O) groups is 1. The van der Waals surface area contributed by atoms with E-state index in [1.807, 2.05) is 0 Å². The third-order valence-electron chi connectivity index (χ3n) is 3.50. The number of anilines is 1. The van der Waals surface area contributed by atoms with Crippen LogP contribution in [-0.2, 0) is 6.54 Å². The normalized spacial score (nSPS) is 14.4. The van der Waals surface area contributed by atoms with Gasteiger partial charge in [-0.1, -0.05) is 0 Å². The van der Waals surface area contributed by atoms with Crippen molar-refractivity contribution in [3.8, 4) is 11.1 Å². The molecule has 2 aromatic rings. The van der Waals surface area contributed by atoms with Crippen molar-refractivity contribution in [2.45, 2.75) is 6.54 Å². The number of hydrogen-bond donors (Lipinski definition) is 1. The lowest BCUT2D eigenvalue weighted by atomic mass is 9.94. The summed E-state index contributed by atoms with van der Waals surface area (Å²) >= 11 is 0. The Labute approximate surface area is 101 Å². The molecule has 0 radical (unpaired) electrons. The molecule has 2 aliphatic rings. The largest absolute Gasteiger partial charge is 0.380 e. The zero-order valence-corrected chi connectivity index (χ0v) is 9.18. The Balaban J connectivity index is 2.19. The molecule has 4 rings (SSSR count). The molecule has 2 nitrogen and oxygen atoms in total. The van der Waals surface area contributed by atoms with E-state index < -0.39 is 11.6 Å². The maximum Gasteiger partial charge on any atom is 0.194 e. The monoisotopic (exact) mass is 243 g/mol. The molecule has 0 saturated heterocycles. The molecule has 88 valence electrons. The molecule has 1 N–H and O–H groups in total. The molecule has 0 spiro atoms. The minimum atomic E-state index is -0.457. The van der Waals surface area contributed by atoms with Gasteiger partial charge in [0.05, 0.1) is 0 Å². The number of rotatable bonds is 0. The number of ketones is 1. The topological polar surface area (TPSA) is 29.1 Å². The summed E-state index contributed by atoms with van der Waals surface area (Å²) in [7, 11) is 0. The van der Waals surface area contributed by atoms with Crippen molar-refractivity contribution in [3.05, 3.63) is 52.6 Å². The van der Waals surface area contributed by atoms with Crippen molar-refractivity contribution < 1.29 is 13.6 Å². The van der Waals surface area contributed by atoms with Gasteiger partial charge >= 0.3 is 0 Å². The van der Waals surface area contributed by atoms with Crippen molar-refractivity contribution in [2.24, 2.45) is 0 Å². The standard InChI is InChI=1S/C14H7F2NO/c15-7-1-6-5-17-11-4-8(16)3-10-13(11)12(6)9(2-7)14(10)18/h1-4,17H,5H2. The summed E-state index contributed by atoms with van der Waals surface area (Å²) in [4.78, 5) is 12.2. The summed E-state index contributed by atoms with van der Waals surface area (Å²) in [5.74, 6) is -1.19. The van der Waals surface area contributed by atoms with E-state index in [2.05, 4.69) is 5.32 Å². The van der Waals surface area contributed by atoms with Gasteiger partial charge in [0.25, 0.3) is 0 Å². The molecule has 0 atom stereocenters. The highest BCUT2D eigenvalue weighted by atomic mass is 19.1. The highest BCUT2D eigenvalue weighted by molar-refractivity contribution is 6.24. The molecule has 0 saturated carbocycles. The summed E-state index contributed by atoms with van der Waals surface area (Å²) in [6.45, 7) is 0.406. The van der Waals surface area contributed by atoms with Crippen molar-refractivity contribution in [1.29, 1.82) is 0 Å². The van der Waals surface area contributed by atoms with Crippen LogP contribution in [0.5, 0.6) is 0 Å². The van der Waals surface area contributed by atoms with Gasteiger partial charge in [-0.2, -0.15) is 0 Å². The summed E-state index contributed by atoms with van der Waals surface area (Å²) in [5, 5.41) is 3.02. The summed E-state index contributed by atoms with van der Waals surface area (Å²) in [6.07, 6.45) is 0. The molecule has 0 amide bonds. The smallest absolute Gasteiger partial charge is 0.194 e. The number of hydrogen-bond acceptors (Lipinski definition) is 2. The third-order valence-corrected chi connectivity index (χ3v) is 3.50. The molecule has 18 heavy (non-hydrogen) atoms. The Kier molecular flexibility index (Phi) is 1.60. The van der Waals surface area contributed by atoms with Crippen LogP contribution >= 0.6 is 0 Å². The van der Waals surface area contributed by atoms with Crippen LogP contribution in [0.2, 0.25) is 0 Å². The zero-order valence-electron chi connectivity index (χ0n) is 9.18. The predicted octanol–water partition coefficient (Wildman–Crippen LogP) is 3.10. The summed E-state index contributed by atoms with van der Waals surface area (Å²) in [5.41, 5.74) is 3.47. The molecule has 1 heterocycles. The van der Waals surface area contributed by atoms with E-state index in [9.17, 15) is 13.6 Å². The number of halogens is 2. The fourth-order valence-electron chi connectivity index (χ4n) is 2.81. The van der Waals surface area contributed by atoms with Crippen LogP contribution in [0.3, 0.4) is 0 Å². The fraction of sp³-hybridized carbons (Fsp3) is 0.0714. The van der Waals surface area contributed by atoms with Crippen molar-refractivity contribution in [1.82, 2.24) is 0 Å². The highest BCUT2D eigenvalue weighted by Crippen LogP contribution is 2.46. The van der Waals surface area contributed by atoms with Crippen molar-refractivity contribution in [2.75, 3.05) is 5.32 Å². The first-order valence-electron chi connectivity index (χ1n) is 5.60. The van der Waals surface area contributed by atoms with E-state index >= 15 is 0 Å². The van der Waals surface area contributed by atoms with Gasteiger partial charge in [-0.15, -0.1) is 0 Å². The van der Waals surface area contributed by atoms with Gasteiger partial charge in [0.15, 0.2) is 5.78 Å². The Morgan fingerprint density at radius 1 is 0.944 bits per heavy atom. The van der Waals surface area contributed by atoms with E-state index in [0.29, 0.717) is 28.9 Å². The maximum absolute atomic E-state index is 13.5. The van der Waals surface area contributed by atoms with E-state index in [4.69, 9.17) is 0 Å². The van der Waals surface area contributed by atoms with E-state index in [-0.39, 0.29) is 5.78 Å². The van der Waals surface area contributed by atoms with Gasteiger partial charge in [-0.3, -0.25) is 4.79 Å². The van der Waals surface area contributed by atoms with Crippen LogP contribution in [0.4, 0.5) is 14.5 Å². The van der Waals surface area contributed by atoms with Crippen LogP contribution in [0, 0.1) is 11.6 Å². The van der Waals surface area contributed by atoms with E-state index in [1.165, 1.54) is 24.3 Å². The number of nitrogens with one attached hydrogen (secondary N) is 1. The van der Waals surface area contributed by atoms with E-state index in [1.54, 1.807) is 0 Å². The molecule has 0 bridgehead atoms. The second kappa shape index (κ2) is 2.96. The van der Waals surface area contributed by atoms with Crippen LogP contribution in [0.1, 0.15) is 21.5 Å². The molecule has 4 heteroatoms. The molecule has 1 aliphatic carbocycles. The van der Waals surface area contributed by atoms with Crippen molar-refractivity contribution in [3.63, 3.8) is 0 Å². The summed E-state index contributed by atoms with van der Waals surface area (Å²) in [6, 6.07) is 5.23. The third kappa shape index (κ3) is 1.03. The first-order chi connectivity index (χ1) is 8.65. The molecule has 0 aromatic heterocycles. The van der Waals surface area contributed by atoms with Crippen molar-refractivity contribution >= 4 is 11.5 Å². The van der Waals surface area contributed by atoms with Gasteiger partial charge in [0, 0.05) is 34.5 Å². The van der Waals surface area contributed by atoms with Crippen LogP contribution < -0.4 is 5.32 Å². The lowest BCUT2D eigenvalue weighted by Gasteiger charge is -2.20. The molecule has 0 unspecified atom stereocenters. The van der Waals surface area contributed by atoms with Crippen LogP contribution in [0.15, 0.2) is 24.3 Å². The zero-order chi connectivity index (χ0) is 12.4. The Morgan fingerprint density at radius 3 is 2.39 bits per heavy atom. The first kappa shape index (κ1) is 9.76. The Morgan fingerprint density at radius 2 is 1.61 bits per heavy atom. The molecule has 1 aliphatic heterocycles. The average Bonchev–Trinajstić information content (AvgIpc) is 2.61. The quantitative estimate of drug-likeness (QED) is 0.657. The van der Waals surface area contributed by atoms with Gasteiger partial charge in [-0.05, 0) is 29.8 Å². The fourth-order valence-corrected chi connectivity index (χ4v) is 2.81. The average molecular weight is 243 g/mol. The number of benzene rings is 2. The van der Waals surface area contributed by atoms with Gasteiger partial charge in [-0.25, -0.2) is 8.78 Å². The van der Waals surface area contributed by atoms with Gasteiger partial charge in [0.1, 0.15) is 11.6 Å². The van der Waals surface area contributed by atoms with Crippen LogP contribution in [-0.4, -0.2) is 5.78 Å². The second-order valence-electron chi connectivity index (χ2n) is 4.55. The van der Waals surface area contributed by atoms with Gasteiger partial charge < -0.3 is 5.32 Å². The highest BCUT2D eigenvalue weighted by Gasteiger charge is 2.34. The Hall–Kier alpha value is -2.23. The first-order valence-corrected chi connectivity index (χ1v) is 5.60. The summed E-state index contributed by atoms with van der Waals surface area (Å²) < 4.78 is 26.9. The van der Waals surface area contributed by atoms with Crippen LogP contribution in [0.25, 0.3) is 11.1 Å². The van der Waals surface area contributed by atoms with Gasteiger partial charge in [0.2, 0.25) is 0 Å². The molecular weight excluding hydrogens is 236 g/mol. The SMILES string of the molecule is O=C1c2cc(F)cc3c2-c2c(cc(F)cc21)NC3. The molecular formula is C14H7F2NO. The minimum absolute atomic E-state index is 0.301. The minimum Gasteiger partial charge on any atom is -0.380 e. The van der Waals surface area contributed by atoms with E-state index in [0.717, 1.165) is 11.1 Å². The second-order valence-corrected chi connectivity index (χ2v) is 4.55. The lowest BCUT2D eigenvalue weighted by molar-refractivity contribution is 0.104. The molecule has 2 aromatic carbocycles. The lowest BCUT2D eigenvalue weighted by Crippen LogP contribution is -2.09.